The summed E-state index contributed by atoms with van der Waals surface area (Å²) in [6.07, 6.45) is 0. The van der Waals surface area contributed by atoms with Gasteiger partial charge in [0.1, 0.15) is 0 Å². The SMILES string of the molecule is COC(=N)C(/N=N\O[O-])(/N=N/O[O-])c1ccc(C(/N=N/O[O-])(/N=N/O[O-])C(=N)OC)cc1.[Na+].[Na+].[Na+].[Na+]. The third-order valence-electron chi connectivity index (χ3n) is 3.61. The van der Waals surface area contributed by atoms with Crippen molar-refractivity contribution in [2.24, 2.45) is 41.6 Å². The fourth-order valence-corrected chi connectivity index (χ4v) is 2.24. The van der Waals surface area contributed by atoms with Crippen molar-refractivity contribution >= 4 is 11.8 Å². The summed E-state index contributed by atoms with van der Waals surface area (Å²) in [5, 5.41) is 81.5. The van der Waals surface area contributed by atoms with E-state index in [1.165, 1.54) is 0 Å². The maximum atomic E-state index is 10.3. The second-order valence-electron chi connectivity index (χ2n) is 5.01. The maximum Gasteiger partial charge on any atom is 1.00 e. The zero-order valence-corrected chi connectivity index (χ0v) is 28.0. The van der Waals surface area contributed by atoms with Crippen molar-refractivity contribution in [3.63, 3.8) is 0 Å². The van der Waals surface area contributed by atoms with Gasteiger partial charge in [0, 0.05) is 32.2 Å². The number of nitrogens with one attached hydrogen (secondary N) is 2. The number of ether oxygens (including phenoxy) is 2. The van der Waals surface area contributed by atoms with Gasteiger partial charge in [-0.2, -0.15) is 0 Å². The summed E-state index contributed by atoms with van der Waals surface area (Å²) in [5.74, 6) is -1.58. The van der Waals surface area contributed by atoms with Gasteiger partial charge in [-0.1, -0.05) is 24.3 Å². The number of hydrogen-bond donors (Lipinski definition) is 2. The third-order valence-corrected chi connectivity index (χ3v) is 3.61. The van der Waals surface area contributed by atoms with Gasteiger partial charge in [-0.05, 0) is 0 Å². The predicted octanol–water partition coefficient (Wildman–Crippen LogP) is -14.1. The van der Waals surface area contributed by atoms with E-state index in [1.807, 2.05) is 0 Å². The average Bonchev–Trinajstić information content (AvgIpc) is 2.84. The average molecular weight is 548 g/mol. The maximum absolute atomic E-state index is 10.3. The van der Waals surface area contributed by atoms with Crippen molar-refractivity contribution in [1.29, 1.82) is 10.8 Å². The minimum atomic E-state index is -2.36. The third kappa shape index (κ3) is 10.8. The van der Waals surface area contributed by atoms with Crippen LogP contribution in [0, 0.1) is 10.8 Å². The van der Waals surface area contributed by atoms with E-state index in [0.29, 0.717) is 0 Å². The van der Waals surface area contributed by atoms with E-state index in [9.17, 15) is 21.0 Å². The minimum Gasteiger partial charge on any atom is -0.636 e. The van der Waals surface area contributed by atoms with Crippen LogP contribution in [-0.2, 0) is 40.8 Å². The molecule has 0 aliphatic rings. The number of rotatable bonds is 12. The fraction of sp³-hybridized carbons (Fsp3) is 0.333. The van der Waals surface area contributed by atoms with Gasteiger partial charge in [0.2, 0.25) is 11.8 Å². The van der Waals surface area contributed by atoms with Crippen LogP contribution >= 0.6 is 0 Å². The van der Waals surface area contributed by atoms with E-state index in [1.54, 1.807) is 0 Å². The Bertz CT molecular complexity index is 793. The van der Waals surface area contributed by atoms with Crippen LogP contribution in [0.5, 0.6) is 0 Å². The molecule has 1 atom stereocenters. The van der Waals surface area contributed by atoms with Crippen LogP contribution in [0.4, 0.5) is 0 Å². The van der Waals surface area contributed by atoms with Gasteiger partial charge in [0.05, 0.1) is 14.2 Å². The molecule has 0 bridgehead atoms. The standard InChI is InChI=1S/C12H16N10O10.4Na/c1-27-9(13)11(15-19-29-23,16-20-30-24)7-3-5-8(6-4-7)12(10(14)28-2,17-21-31-25)18-22-32-26;;;;/h3-6,13-14,23-26H,1-2H3;;;;/q;4*+1/p-4/b13-9?,14-10?,19-15-,20-16+,21-17+,22-18+;;;;. The van der Waals surface area contributed by atoms with Crippen LogP contribution in [0.1, 0.15) is 11.1 Å². The zero-order chi connectivity index (χ0) is 24.0. The van der Waals surface area contributed by atoms with Gasteiger partial charge in [0.25, 0.3) is 11.3 Å². The quantitative estimate of drug-likeness (QED) is 0.0620. The minimum absolute atomic E-state index is 0. The van der Waals surface area contributed by atoms with Crippen LogP contribution in [-0.4, -0.2) is 26.0 Å². The van der Waals surface area contributed by atoms with Gasteiger partial charge in [0.15, 0.2) is 0 Å². The Morgan fingerprint density at radius 2 is 0.806 bits per heavy atom. The molecule has 24 heteroatoms. The molecule has 1 aromatic rings. The first-order chi connectivity index (χ1) is 15.4. The molecular weight excluding hydrogens is 536 g/mol. The molecule has 0 fully saturated rings. The summed E-state index contributed by atoms with van der Waals surface area (Å²) in [5.41, 5.74) is -4.97. The van der Waals surface area contributed by atoms with Gasteiger partial charge in [-0.15, -0.1) is 20.5 Å². The Morgan fingerprint density at radius 1 is 0.583 bits per heavy atom. The summed E-state index contributed by atoms with van der Waals surface area (Å²) < 4.78 is 9.52. The topological polar surface area (TPSA) is 294 Å². The molecule has 0 aliphatic heterocycles. The molecule has 0 spiro atoms. The van der Waals surface area contributed by atoms with Gasteiger partial charge >= 0.3 is 118 Å². The second-order valence-corrected chi connectivity index (χ2v) is 5.01. The number of nitrogens with zero attached hydrogens (tertiary/aromatic N) is 8. The second kappa shape index (κ2) is 22.6. The first-order valence-corrected chi connectivity index (χ1v) is 7.64. The molecule has 0 aromatic heterocycles. The molecule has 1 unspecified atom stereocenters. The summed E-state index contributed by atoms with van der Waals surface area (Å²) in [7, 11) is 2.09. The van der Waals surface area contributed by atoms with E-state index in [4.69, 9.17) is 20.3 Å². The summed E-state index contributed by atoms with van der Waals surface area (Å²) in [4.78, 5) is 13.0. The van der Waals surface area contributed by atoms with Crippen molar-refractivity contribution in [2.45, 2.75) is 11.3 Å². The van der Waals surface area contributed by atoms with Crippen molar-refractivity contribution in [2.75, 3.05) is 14.2 Å². The molecule has 1 aromatic carbocycles. The van der Waals surface area contributed by atoms with Crippen LogP contribution in [0.25, 0.3) is 0 Å². The molecule has 36 heavy (non-hydrogen) atoms. The van der Waals surface area contributed by atoms with E-state index in [-0.39, 0.29) is 129 Å². The molecule has 0 saturated carbocycles. The Balaban J connectivity index is -0.00000128. The van der Waals surface area contributed by atoms with E-state index in [0.717, 1.165) is 38.5 Å². The number of methoxy groups -OCH3 is 2. The van der Waals surface area contributed by atoms with Crippen molar-refractivity contribution in [3.05, 3.63) is 35.4 Å². The zero-order valence-electron chi connectivity index (χ0n) is 20.0. The summed E-state index contributed by atoms with van der Waals surface area (Å²) >= 11 is 0. The largest absolute Gasteiger partial charge is 1.00 e. The Kier molecular flexibility index (Phi) is 26.8. The number of benzene rings is 1. The van der Waals surface area contributed by atoms with Gasteiger partial charge < -0.3 is 50.5 Å². The molecule has 1 rings (SSSR count). The summed E-state index contributed by atoms with van der Waals surface area (Å²) in [6, 6.07) is 4.54. The molecule has 0 heterocycles. The molecule has 174 valence electrons. The molecule has 0 aliphatic carbocycles. The molecule has 0 saturated heterocycles. The van der Waals surface area contributed by atoms with Crippen molar-refractivity contribution in [1.82, 2.24) is 0 Å². The molecular formula is C12H12N10Na4O10. The number of hydrogen-bond acceptors (Lipinski definition) is 20. The van der Waals surface area contributed by atoms with Crippen LogP contribution in [0.3, 0.4) is 0 Å². The van der Waals surface area contributed by atoms with E-state index >= 15 is 0 Å². The van der Waals surface area contributed by atoms with E-state index < -0.39 is 23.1 Å². The first-order valence-electron chi connectivity index (χ1n) is 7.64. The molecule has 0 radical (unpaired) electrons. The molecule has 2 N–H and O–H groups in total. The van der Waals surface area contributed by atoms with Crippen molar-refractivity contribution < 1.29 is 169 Å². The normalized spacial score (nSPS) is 12.4. The smallest absolute Gasteiger partial charge is 0.636 e. The summed E-state index contributed by atoms with van der Waals surface area (Å²) in [6.45, 7) is 0. The molecule has 0 amide bonds. The van der Waals surface area contributed by atoms with E-state index in [2.05, 4.69) is 61.5 Å². The Morgan fingerprint density at radius 3 is 0.972 bits per heavy atom. The monoisotopic (exact) mass is 548 g/mol. The van der Waals surface area contributed by atoms with Gasteiger partial charge in [-0.3, -0.25) is 10.8 Å². The Labute approximate surface area is 290 Å². The molecule has 20 nitrogen and oxygen atoms in total. The van der Waals surface area contributed by atoms with Crippen LogP contribution in [0.2, 0.25) is 0 Å². The van der Waals surface area contributed by atoms with Crippen molar-refractivity contribution in [3.8, 4) is 0 Å². The van der Waals surface area contributed by atoms with Crippen LogP contribution in [0.15, 0.2) is 65.8 Å². The first kappa shape index (κ1) is 42.7. The predicted molar refractivity (Wildman–Crippen MR) is 83.0 cm³/mol. The van der Waals surface area contributed by atoms with Gasteiger partial charge in [-0.25, -0.2) is 0 Å². The fourth-order valence-electron chi connectivity index (χ4n) is 2.24. The Hall–Kier alpha value is -0.400. The van der Waals surface area contributed by atoms with Crippen LogP contribution < -0.4 is 139 Å².